The summed E-state index contributed by atoms with van der Waals surface area (Å²) in [6.45, 7) is 7.63. The summed E-state index contributed by atoms with van der Waals surface area (Å²) < 4.78 is 0. The quantitative estimate of drug-likeness (QED) is 0.837. The molecule has 1 heterocycles. The summed E-state index contributed by atoms with van der Waals surface area (Å²) in [6.07, 6.45) is 2.29. The lowest BCUT2D eigenvalue weighted by molar-refractivity contribution is 0.216. The Labute approximate surface area is 131 Å². The molecule has 1 aromatic rings. The van der Waals surface area contributed by atoms with Gasteiger partial charge in [-0.1, -0.05) is 24.6 Å². The van der Waals surface area contributed by atoms with Gasteiger partial charge in [-0.2, -0.15) is 0 Å². The Balaban J connectivity index is 1.82. The number of benzene rings is 1. The molecule has 0 amide bonds. The van der Waals surface area contributed by atoms with Crippen LogP contribution in [-0.2, 0) is 0 Å². The molecule has 1 fully saturated rings. The van der Waals surface area contributed by atoms with Crippen LogP contribution in [-0.4, -0.2) is 35.7 Å². The Hall–Kier alpha value is -0.840. The van der Waals surface area contributed by atoms with Crippen LogP contribution in [0.4, 0.5) is 5.69 Å². The highest BCUT2D eigenvalue weighted by atomic mass is 35.5. The van der Waals surface area contributed by atoms with Gasteiger partial charge in [0.1, 0.15) is 0 Å². The first-order valence-corrected chi connectivity index (χ1v) is 7.93. The van der Waals surface area contributed by atoms with Gasteiger partial charge in [0.05, 0.1) is 0 Å². The van der Waals surface area contributed by atoms with E-state index in [1.54, 1.807) is 0 Å². The van der Waals surface area contributed by atoms with Crippen LogP contribution < -0.4 is 10.6 Å². The molecule has 1 aromatic carbocycles. The van der Waals surface area contributed by atoms with E-state index in [9.17, 15) is 0 Å². The molecule has 5 heteroatoms. The molecular formula is C15H22ClN3S. The molecule has 0 saturated carbocycles. The molecule has 0 radical (unpaired) electrons. The first kappa shape index (κ1) is 15.5. The summed E-state index contributed by atoms with van der Waals surface area (Å²) in [7, 11) is 0. The highest BCUT2D eigenvalue weighted by Crippen LogP contribution is 2.20. The minimum absolute atomic E-state index is 0.471. The topological polar surface area (TPSA) is 27.3 Å². The van der Waals surface area contributed by atoms with E-state index < -0.39 is 0 Å². The predicted molar refractivity (Wildman–Crippen MR) is 90.7 cm³/mol. The molecule has 1 aliphatic rings. The molecule has 2 N–H and O–H groups in total. The average Bonchev–Trinajstić information content (AvgIpc) is 2.44. The maximum atomic E-state index is 6.11. The van der Waals surface area contributed by atoms with Gasteiger partial charge in [-0.25, -0.2) is 0 Å². The highest BCUT2D eigenvalue weighted by molar-refractivity contribution is 7.80. The molecule has 2 rings (SSSR count). The zero-order chi connectivity index (χ0) is 14.5. The van der Waals surface area contributed by atoms with Crippen molar-refractivity contribution in [3.05, 3.63) is 28.8 Å². The molecule has 1 aliphatic heterocycles. The molecule has 0 spiro atoms. The van der Waals surface area contributed by atoms with Gasteiger partial charge in [-0.05, 0) is 56.2 Å². The number of nitrogens with one attached hydrogen (secondary N) is 2. The number of thiocarbonyl (C=S) groups is 1. The Kier molecular flexibility index (Phi) is 5.64. The number of piperidine rings is 1. The van der Waals surface area contributed by atoms with Crippen LogP contribution in [0.5, 0.6) is 0 Å². The van der Waals surface area contributed by atoms with Gasteiger partial charge in [0.25, 0.3) is 0 Å². The summed E-state index contributed by atoms with van der Waals surface area (Å²) in [5.41, 5.74) is 2.01. The van der Waals surface area contributed by atoms with Gasteiger partial charge in [0.15, 0.2) is 5.11 Å². The third kappa shape index (κ3) is 4.33. The van der Waals surface area contributed by atoms with Crippen molar-refractivity contribution in [2.45, 2.75) is 32.7 Å². The van der Waals surface area contributed by atoms with Crippen molar-refractivity contribution < 1.29 is 0 Å². The second-order valence-corrected chi connectivity index (χ2v) is 6.09. The van der Waals surface area contributed by atoms with Crippen LogP contribution in [0.25, 0.3) is 0 Å². The van der Waals surface area contributed by atoms with Crippen LogP contribution in [0.3, 0.4) is 0 Å². The maximum absolute atomic E-state index is 6.11. The number of nitrogens with zero attached hydrogens (tertiary/aromatic N) is 1. The first-order chi connectivity index (χ1) is 9.58. The van der Waals surface area contributed by atoms with Gasteiger partial charge in [0.2, 0.25) is 0 Å². The monoisotopic (exact) mass is 311 g/mol. The van der Waals surface area contributed by atoms with Crippen molar-refractivity contribution >= 4 is 34.6 Å². The number of aryl methyl sites for hydroxylation is 1. The standard InChI is InChI=1S/C15H22ClN3S/c1-3-19-8-6-12(7-9-19)17-15(20)18-13-5-4-11(2)14(16)10-13/h4-5,10,12H,3,6-9H2,1-2H3,(H2,17,18,20). The van der Waals surface area contributed by atoms with Crippen LogP contribution in [0.2, 0.25) is 5.02 Å². The largest absolute Gasteiger partial charge is 0.360 e. The number of anilines is 1. The fourth-order valence-corrected chi connectivity index (χ4v) is 2.88. The van der Waals surface area contributed by atoms with Crippen molar-refractivity contribution in [1.29, 1.82) is 0 Å². The lowest BCUT2D eigenvalue weighted by Gasteiger charge is -2.32. The minimum Gasteiger partial charge on any atom is -0.360 e. The maximum Gasteiger partial charge on any atom is 0.170 e. The van der Waals surface area contributed by atoms with E-state index >= 15 is 0 Å². The van der Waals surface area contributed by atoms with Gasteiger partial charge in [-0.3, -0.25) is 0 Å². The molecule has 0 atom stereocenters. The van der Waals surface area contributed by atoms with Gasteiger partial charge in [-0.15, -0.1) is 0 Å². The predicted octanol–water partition coefficient (Wildman–Crippen LogP) is 3.42. The van der Waals surface area contributed by atoms with Crippen LogP contribution >= 0.6 is 23.8 Å². The fraction of sp³-hybridized carbons (Fsp3) is 0.533. The Morgan fingerprint density at radius 1 is 1.40 bits per heavy atom. The number of halogens is 1. The molecule has 0 aromatic heterocycles. The van der Waals surface area contributed by atoms with Gasteiger partial charge < -0.3 is 15.5 Å². The molecular weight excluding hydrogens is 290 g/mol. The summed E-state index contributed by atoms with van der Waals surface area (Å²) >= 11 is 11.5. The smallest absolute Gasteiger partial charge is 0.170 e. The first-order valence-electron chi connectivity index (χ1n) is 7.14. The molecule has 1 saturated heterocycles. The lowest BCUT2D eigenvalue weighted by Crippen LogP contribution is -2.45. The number of rotatable bonds is 3. The van der Waals surface area contributed by atoms with Crippen molar-refractivity contribution in [2.75, 3.05) is 25.0 Å². The lowest BCUT2D eigenvalue weighted by atomic mass is 10.1. The van der Waals surface area contributed by atoms with E-state index in [4.69, 9.17) is 23.8 Å². The molecule has 0 unspecified atom stereocenters. The van der Waals surface area contributed by atoms with Gasteiger partial charge in [0, 0.05) is 29.8 Å². The number of hydrogen-bond acceptors (Lipinski definition) is 2. The van der Waals surface area contributed by atoms with Crippen LogP contribution in [0.15, 0.2) is 18.2 Å². The SMILES string of the molecule is CCN1CCC(NC(=S)Nc2ccc(C)c(Cl)c2)CC1. The second kappa shape index (κ2) is 7.25. The van der Waals surface area contributed by atoms with E-state index in [2.05, 4.69) is 22.5 Å². The normalized spacial score (nSPS) is 16.9. The zero-order valence-corrected chi connectivity index (χ0v) is 13.7. The van der Waals surface area contributed by atoms with Crippen LogP contribution in [0.1, 0.15) is 25.3 Å². The summed E-state index contributed by atoms with van der Waals surface area (Å²) in [4.78, 5) is 2.47. The molecule has 3 nitrogen and oxygen atoms in total. The van der Waals surface area contributed by atoms with E-state index in [0.29, 0.717) is 11.2 Å². The Morgan fingerprint density at radius 2 is 2.10 bits per heavy atom. The second-order valence-electron chi connectivity index (χ2n) is 5.27. The molecule has 0 aliphatic carbocycles. The van der Waals surface area contributed by atoms with Crippen molar-refractivity contribution in [3.8, 4) is 0 Å². The zero-order valence-electron chi connectivity index (χ0n) is 12.1. The summed E-state index contributed by atoms with van der Waals surface area (Å²) in [5, 5.41) is 8.04. The van der Waals surface area contributed by atoms with Crippen LogP contribution in [0, 0.1) is 6.92 Å². The van der Waals surface area contributed by atoms with E-state index in [0.717, 1.165) is 48.7 Å². The summed E-state index contributed by atoms with van der Waals surface area (Å²) in [6, 6.07) is 6.37. The molecule has 0 bridgehead atoms. The van der Waals surface area contributed by atoms with E-state index in [1.807, 2.05) is 25.1 Å². The summed E-state index contributed by atoms with van der Waals surface area (Å²) in [5.74, 6) is 0. The fourth-order valence-electron chi connectivity index (χ4n) is 2.42. The van der Waals surface area contributed by atoms with Crippen molar-refractivity contribution in [2.24, 2.45) is 0 Å². The van der Waals surface area contributed by atoms with E-state index in [-0.39, 0.29) is 0 Å². The molecule has 20 heavy (non-hydrogen) atoms. The highest BCUT2D eigenvalue weighted by Gasteiger charge is 2.18. The Morgan fingerprint density at radius 3 is 2.70 bits per heavy atom. The number of hydrogen-bond donors (Lipinski definition) is 2. The third-order valence-corrected chi connectivity index (χ3v) is 4.43. The third-order valence-electron chi connectivity index (χ3n) is 3.80. The number of likely N-dealkylation sites (tertiary alicyclic amines) is 1. The van der Waals surface area contributed by atoms with Crippen molar-refractivity contribution in [1.82, 2.24) is 10.2 Å². The average molecular weight is 312 g/mol. The van der Waals surface area contributed by atoms with Gasteiger partial charge >= 0.3 is 0 Å². The minimum atomic E-state index is 0.471. The van der Waals surface area contributed by atoms with Crippen molar-refractivity contribution in [3.63, 3.8) is 0 Å². The molecule has 110 valence electrons. The van der Waals surface area contributed by atoms with E-state index in [1.165, 1.54) is 0 Å². The Bertz CT molecular complexity index is 470.